The quantitative estimate of drug-likeness (QED) is 0.429. The van der Waals surface area contributed by atoms with Crippen molar-refractivity contribution in [1.29, 1.82) is 0 Å². The minimum Gasteiger partial charge on any atom is -0.494 e. The minimum absolute atomic E-state index is 0.294. The Morgan fingerprint density at radius 3 is 2.75 bits per heavy atom. The van der Waals surface area contributed by atoms with Gasteiger partial charge in [-0.1, -0.05) is 22.9 Å². The van der Waals surface area contributed by atoms with Crippen molar-refractivity contribution in [2.45, 2.75) is 12.8 Å². The maximum absolute atomic E-state index is 13.2. The maximum Gasteiger partial charge on any atom is 0.259 e. The number of rotatable bonds is 5. The molecule has 0 saturated carbocycles. The van der Waals surface area contributed by atoms with E-state index in [-0.39, 0.29) is 5.91 Å². The van der Waals surface area contributed by atoms with E-state index in [4.69, 9.17) is 16.3 Å². The summed E-state index contributed by atoms with van der Waals surface area (Å²) in [5.41, 5.74) is 3.83. The molecule has 4 aromatic rings. The van der Waals surface area contributed by atoms with Gasteiger partial charge >= 0.3 is 0 Å². The van der Waals surface area contributed by atoms with Crippen molar-refractivity contribution >= 4 is 44.5 Å². The van der Waals surface area contributed by atoms with Crippen molar-refractivity contribution in [2.75, 3.05) is 25.5 Å². The van der Waals surface area contributed by atoms with Crippen LogP contribution < -0.4 is 15.4 Å². The summed E-state index contributed by atoms with van der Waals surface area (Å²) in [6.07, 6.45) is 4.80. The fourth-order valence-corrected chi connectivity index (χ4v) is 4.36. The molecular formula is C21H18ClN7O2S. The number of ether oxygens (including phenoxy) is 1. The van der Waals surface area contributed by atoms with Gasteiger partial charge in [-0.25, -0.2) is 15.0 Å². The van der Waals surface area contributed by atoms with Crippen molar-refractivity contribution < 1.29 is 9.53 Å². The average Bonchev–Trinajstić information content (AvgIpc) is 3.13. The summed E-state index contributed by atoms with van der Waals surface area (Å²) in [5, 5.41) is 6.79. The molecule has 32 heavy (non-hydrogen) atoms. The van der Waals surface area contributed by atoms with Gasteiger partial charge in [-0.2, -0.15) is 4.98 Å². The van der Waals surface area contributed by atoms with Gasteiger partial charge in [0.15, 0.2) is 15.6 Å². The van der Waals surface area contributed by atoms with Crippen LogP contribution in [-0.2, 0) is 0 Å². The van der Waals surface area contributed by atoms with Crippen molar-refractivity contribution in [3.63, 3.8) is 0 Å². The molecule has 5 heterocycles. The third-order valence-corrected chi connectivity index (χ3v) is 6.25. The topological polar surface area (TPSA) is 115 Å². The zero-order valence-electron chi connectivity index (χ0n) is 17.2. The number of hydrogen-bond donors (Lipinski definition) is 2. The van der Waals surface area contributed by atoms with Gasteiger partial charge in [0.05, 0.1) is 30.8 Å². The van der Waals surface area contributed by atoms with Gasteiger partial charge in [-0.3, -0.25) is 15.1 Å². The van der Waals surface area contributed by atoms with E-state index in [1.807, 2.05) is 13.0 Å². The van der Waals surface area contributed by atoms with Gasteiger partial charge in [-0.15, -0.1) is 0 Å². The molecule has 0 bridgehead atoms. The second-order valence-electron chi connectivity index (χ2n) is 7.33. The molecule has 4 aromatic heterocycles. The summed E-state index contributed by atoms with van der Waals surface area (Å²) < 4.78 is 5.43. The first-order chi connectivity index (χ1) is 15.5. The predicted octanol–water partition coefficient (Wildman–Crippen LogP) is 3.45. The number of anilines is 1. The zero-order valence-corrected chi connectivity index (χ0v) is 18.8. The Kier molecular flexibility index (Phi) is 5.41. The number of fused-ring (bicyclic) bond motifs is 1. The van der Waals surface area contributed by atoms with Crippen molar-refractivity contribution in [3.05, 3.63) is 52.8 Å². The van der Waals surface area contributed by atoms with E-state index in [0.29, 0.717) is 49.1 Å². The molecule has 1 aliphatic rings. The Bertz CT molecular complexity index is 1340. The number of aryl methyl sites for hydroxylation is 1. The molecule has 2 N–H and O–H groups in total. The van der Waals surface area contributed by atoms with Crippen LogP contribution in [0.25, 0.3) is 21.6 Å². The minimum atomic E-state index is -0.357. The highest BCUT2D eigenvalue weighted by Gasteiger charge is 2.23. The number of halogens is 1. The number of pyridine rings is 2. The molecule has 0 unspecified atom stereocenters. The molecule has 5 rings (SSSR count). The summed E-state index contributed by atoms with van der Waals surface area (Å²) in [7, 11) is 1.54. The Hall–Kier alpha value is -3.21. The Morgan fingerprint density at radius 2 is 2.00 bits per heavy atom. The average molecular weight is 468 g/mol. The number of nitrogens with zero attached hydrogens (tertiary/aromatic N) is 5. The van der Waals surface area contributed by atoms with Crippen molar-refractivity contribution in [2.24, 2.45) is 0 Å². The van der Waals surface area contributed by atoms with Gasteiger partial charge in [0.25, 0.3) is 5.91 Å². The fourth-order valence-electron chi connectivity index (χ4n) is 3.40. The molecule has 162 valence electrons. The first-order valence-electron chi connectivity index (χ1n) is 9.84. The Balaban J connectivity index is 1.48. The molecule has 9 nitrogen and oxygen atoms in total. The molecule has 1 saturated heterocycles. The molecule has 11 heteroatoms. The number of thiazole rings is 1. The standard InChI is InChI=1S/C21H18ClN7O2S/c1-10-3-12(13-4-17(22)25-9-16(13)31-2)14(7-24-10)19(30)29-21-28-18-20(32-21)27-15(8-26-18)11-5-23-6-11/h3-4,7-9,11,23H,5-6H2,1-2H3,(H,26,28,29,30). The second kappa shape index (κ2) is 8.38. The smallest absolute Gasteiger partial charge is 0.259 e. The summed E-state index contributed by atoms with van der Waals surface area (Å²) in [4.78, 5) is 35.7. The third-order valence-electron chi connectivity index (χ3n) is 5.19. The monoisotopic (exact) mass is 467 g/mol. The maximum atomic E-state index is 13.2. The van der Waals surface area contributed by atoms with E-state index in [0.717, 1.165) is 24.5 Å². The van der Waals surface area contributed by atoms with Crippen LogP contribution in [0.3, 0.4) is 0 Å². The van der Waals surface area contributed by atoms with Gasteiger partial charge in [0, 0.05) is 42.0 Å². The Morgan fingerprint density at radius 1 is 1.16 bits per heavy atom. The molecular weight excluding hydrogens is 450 g/mol. The van der Waals surface area contributed by atoms with Gasteiger partial charge in [-0.05, 0) is 19.1 Å². The van der Waals surface area contributed by atoms with Crippen LogP contribution in [-0.4, -0.2) is 51.0 Å². The first-order valence-corrected chi connectivity index (χ1v) is 11.0. The number of carbonyl (C=O) groups is 1. The molecule has 0 aliphatic carbocycles. The number of amides is 1. The molecule has 0 spiro atoms. The van der Waals surface area contributed by atoms with E-state index in [1.54, 1.807) is 12.3 Å². The van der Waals surface area contributed by atoms with Crippen LogP contribution in [0.4, 0.5) is 5.13 Å². The van der Waals surface area contributed by atoms with Gasteiger partial charge < -0.3 is 10.1 Å². The number of carbonyl (C=O) groups excluding carboxylic acids is 1. The normalized spacial score (nSPS) is 13.7. The third kappa shape index (κ3) is 3.88. The molecule has 1 aliphatic heterocycles. The second-order valence-corrected chi connectivity index (χ2v) is 8.70. The van der Waals surface area contributed by atoms with Crippen LogP contribution in [0.5, 0.6) is 5.75 Å². The lowest BCUT2D eigenvalue weighted by Crippen LogP contribution is -2.40. The number of aromatic nitrogens is 5. The SMILES string of the molecule is COc1cnc(Cl)cc1-c1cc(C)ncc1C(=O)Nc1nc2ncc(C3CNC3)nc2s1. The first kappa shape index (κ1) is 20.7. The number of nitrogens with one attached hydrogen (secondary N) is 2. The lowest BCUT2D eigenvalue weighted by molar-refractivity contribution is 0.102. The van der Waals surface area contributed by atoms with Crippen molar-refractivity contribution in [3.8, 4) is 16.9 Å². The molecule has 0 radical (unpaired) electrons. The van der Waals surface area contributed by atoms with Crippen LogP contribution in [0.2, 0.25) is 5.15 Å². The highest BCUT2D eigenvalue weighted by Crippen LogP contribution is 2.34. The van der Waals surface area contributed by atoms with E-state index >= 15 is 0 Å². The van der Waals surface area contributed by atoms with Gasteiger partial charge in [0.2, 0.25) is 0 Å². The van der Waals surface area contributed by atoms with Crippen LogP contribution in [0.15, 0.2) is 30.7 Å². The molecule has 0 atom stereocenters. The van der Waals surface area contributed by atoms with Gasteiger partial charge in [0.1, 0.15) is 10.9 Å². The van der Waals surface area contributed by atoms with Crippen molar-refractivity contribution in [1.82, 2.24) is 30.2 Å². The van der Waals surface area contributed by atoms with E-state index in [2.05, 4.69) is 35.6 Å². The summed E-state index contributed by atoms with van der Waals surface area (Å²) in [5.74, 6) is 0.515. The lowest BCUT2D eigenvalue weighted by Gasteiger charge is -2.25. The van der Waals surface area contributed by atoms with E-state index < -0.39 is 0 Å². The van der Waals surface area contributed by atoms with E-state index in [1.165, 1.54) is 30.8 Å². The zero-order chi connectivity index (χ0) is 22.2. The molecule has 1 amide bonds. The molecule has 1 fully saturated rings. The summed E-state index contributed by atoms with van der Waals surface area (Å²) in [6, 6.07) is 3.47. The van der Waals surface area contributed by atoms with Crippen LogP contribution >= 0.6 is 22.9 Å². The van der Waals surface area contributed by atoms with E-state index in [9.17, 15) is 4.79 Å². The van der Waals surface area contributed by atoms with Crippen LogP contribution in [0, 0.1) is 6.92 Å². The predicted molar refractivity (Wildman–Crippen MR) is 123 cm³/mol. The molecule has 0 aromatic carbocycles. The van der Waals surface area contributed by atoms with Crippen LogP contribution in [0.1, 0.15) is 27.7 Å². The lowest BCUT2D eigenvalue weighted by atomic mass is 10.0. The number of methoxy groups -OCH3 is 1. The number of hydrogen-bond acceptors (Lipinski definition) is 9. The fraction of sp³-hybridized carbons (Fsp3) is 0.238. The Labute approximate surface area is 192 Å². The summed E-state index contributed by atoms with van der Waals surface area (Å²) in [6.45, 7) is 3.64. The largest absolute Gasteiger partial charge is 0.494 e. The highest BCUT2D eigenvalue weighted by molar-refractivity contribution is 7.21. The summed E-state index contributed by atoms with van der Waals surface area (Å²) >= 11 is 7.40. The highest BCUT2D eigenvalue weighted by atomic mass is 35.5.